The Balaban J connectivity index is 0.00000341. The number of hydrogen-bond acceptors (Lipinski definition) is 5. The summed E-state index contributed by atoms with van der Waals surface area (Å²) < 4.78 is 17.1. The Hall–Kier alpha value is -2.07. The van der Waals surface area contributed by atoms with Gasteiger partial charge in [-0.2, -0.15) is 0 Å². The summed E-state index contributed by atoms with van der Waals surface area (Å²) in [5.41, 5.74) is 0.961. The number of aromatic nitrogens is 1. The molecular weight excluding hydrogens is 507 g/mol. The molecule has 170 valence electrons. The molecule has 0 aliphatic carbocycles. The van der Waals surface area contributed by atoms with Gasteiger partial charge in [-0.05, 0) is 43.2 Å². The molecule has 1 aromatic carbocycles. The van der Waals surface area contributed by atoms with Crippen LogP contribution in [0, 0.1) is 5.92 Å². The number of nitrogens with one attached hydrogen (secondary N) is 1. The molecule has 1 fully saturated rings. The normalized spacial score (nSPS) is 15.8. The van der Waals surface area contributed by atoms with Gasteiger partial charge in [-0.25, -0.2) is 4.98 Å². The maximum Gasteiger partial charge on any atom is 0.224 e. The zero-order chi connectivity index (χ0) is 21.2. The maximum atomic E-state index is 6.03. The second-order valence-corrected chi connectivity index (χ2v) is 7.40. The molecule has 0 bridgehead atoms. The van der Waals surface area contributed by atoms with E-state index in [0.29, 0.717) is 24.9 Å². The van der Waals surface area contributed by atoms with E-state index in [9.17, 15) is 0 Å². The minimum atomic E-state index is 0. The van der Waals surface area contributed by atoms with E-state index in [4.69, 9.17) is 14.2 Å². The molecule has 1 N–H and O–H groups in total. The summed E-state index contributed by atoms with van der Waals surface area (Å²) in [5.74, 6) is 3.53. The van der Waals surface area contributed by atoms with E-state index in [1.807, 2.05) is 36.4 Å². The molecule has 2 aromatic rings. The zero-order valence-corrected chi connectivity index (χ0v) is 20.9. The maximum absolute atomic E-state index is 6.03. The predicted octanol–water partition coefficient (Wildman–Crippen LogP) is 4.32. The smallest absolute Gasteiger partial charge is 0.224 e. The number of ether oxygens (including phenoxy) is 3. The summed E-state index contributed by atoms with van der Waals surface area (Å²) in [6, 6.07) is 11.5. The van der Waals surface area contributed by atoms with Crippen LogP contribution in [-0.4, -0.2) is 56.3 Å². The number of benzene rings is 1. The van der Waals surface area contributed by atoms with E-state index in [1.54, 1.807) is 13.2 Å². The highest BCUT2D eigenvalue weighted by Crippen LogP contribution is 2.25. The molecule has 1 aromatic heterocycles. The topological polar surface area (TPSA) is 68.2 Å². The van der Waals surface area contributed by atoms with Crippen molar-refractivity contribution in [2.75, 3.05) is 40.5 Å². The molecule has 0 spiro atoms. The van der Waals surface area contributed by atoms with Gasteiger partial charge in [0, 0.05) is 51.5 Å². The first kappa shape index (κ1) is 25.2. The van der Waals surface area contributed by atoms with Crippen molar-refractivity contribution in [2.45, 2.75) is 26.3 Å². The largest absolute Gasteiger partial charge is 0.494 e. The van der Waals surface area contributed by atoms with Gasteiger partial charge in [0.1, 0.15) is 11.5 Å². The fraction of sp³-hybridized carbons (Fsp3) is 0.478. The van der Waals surface area contributed by atoms with Crippen molar-refractivity contribution < 1.29 is 14.2 Å². The zero-order valence-electron chi connectivity index (χ0n) is 18.5. The Bertz CT molecular complexity index is 811. The third kappa shape index (κ3) is 7.84. The average molecular weight is 540 g/mol. The first-order chi connectivity index (χ1) is 14.7. The molecule has 7 nitrogen and oxygen atoms in total. The van der Waals surface area contributed by atoms with Crippen molar-refractivity contribution in [3.8, 4) is 17.4 Å². The average Bonchev–Trinajstić information content (AvgIpc) is 3.28. The Morgan fingerprint density at radius 1 is 1.26 bits per heavy atom. The van der Waals surface area contributed by atoms with Gasteiger partial charge in [0.05, 0.1) is 13.2 Å². The minimum absolute atomic E-state index is 0. The van der Waals surface area contributed by atoms with E-state index in [-0.39, 0.29) is 24.0 Å². The van der Waals surface area contributed by atoms with Crippen LogP contribution in [0.5, 0.6) is 17.4 Å². The monoisotopic (exact) mass is 540 g/mol. The lowest BCUT2D eigenvalue weighted by Gasteiger charge is -2.24. The SMILES string of the molecule is CCCOc1ccc(Oc2ncccc2CNC(=NC)N(C)CC2CCOC2)cc1.I. The third-order valence-electron chi connectivity index (χ3n) is 4.93. The van der Waals surface area contributed by atoms with Gasteiger partial charge in [-0.3, -0.25) is 4.99 Å². The van der Waals surface area contributed by atoms with Crippen LogP contribution in [0.2, 0.25) is 0 Å². The summed E-state index contributed by atoms with van der Waals surface area (Å²) in [6.45, 7) is 5.96. The Morgan fingerprint density at radius 3 is 2.71 bits per heavy atom. The van der Waals surface area contributed by atoms with Crippen LogP contribution in [0.25, 0.3) is 0 Å². The molecule has 1 saturated heterocycles. The van der Waals surface area contributed by atoms with E-state index in [2.05, 4.69) is 34.2 Å². The summed E-state index contributed by atoms with van der Waals surface area (Å²) in [6.07, 6.45) is 3.82. The van der Waals surface area contributed by atoms with Crippen LogP contribution in [-0.2, 0) is 11.3 Å². The number of nitrogens with zero attached hydrogens (tertiary/aromatic N) is 3. The van der Waals surface area contributed by atoms with E-state index < -0.39 is 0 Å². The van der Waals surface area contributed by atoms with Crippen LogP contribution in [0.3, 0.4) is 0 Å². The fourth-order valence-electron chi connectivity index (χ4n) is 3.35. The minimum Gasteiger partial charge on any atom is -0.494 e. The molecule has 2 heterocycles. The third-order valence-corrected chi connectivity index (χ3v) is 4.93. The molecule has 1 unspecified atom stereocenters. The first-order valence-corrected chi connectivity index (χ1v) is 10.5. The van der Waals surface area contributed by atoms with Crippen molar-refractivity contribution in [1.82, 2.24) is 15.2 Å². The summed E-state index contributed by atoms with van der Waals surface area (Å²) >= 11 is 0. The van der Waals surface area contributed by atoms with Crippen molar-refractivity contribution >= 4 is 29.9 Å². The van der Waals surface area contributed by atoms with E-state index in [0.717, 1.165) is 55.6 Å². The van der Waals surface area contributed by atoms with Gasteiger partial charge >= 0.3 is 0 Å². The molecular formula is C23H33IN4O3. The van der Waals surface area contributed by atoms with Gasteiger partial charge in [0.2, 0.25) is 5.88 Å². The number of guanidine groups is 1. The molecule has 0 radical (unpaired) electrons. The number of pyridine rings is 1. The quantitative estimate of drug-likeness (QED) is 0.290. The Morgan fingerprint density at radius 2 is 2.03 bits per heavy atom. The number of hydrogen-bond donors (Lipinski definition) is 1. The Kier molecular flexibility index (Phi) is 10.9. The lowest BCUT2D eigenvalue weighted by Crippen LogP contribution is -2.41. The second-order valence-electron chi connectivity index (χ2n) is 7.40. The van der Waals surface area contributed by atoms with Gasteiger partial charge < -0.3 is 24.4 Å². The summed E-state index contributed by atoms with van der Waals surface area (Å²) in [7, 11) is 3.85. The lowest BCUT2D eigenvalue weighted by atomic mass is 10.1. The number of halogens is 1. The first-order valence-electron chi connectivity index (χ1n) is 10.5. The van der Waals surface area contributed by atoms with Crippen LogP contribution in [0.15, 0.2) is 47.6 Å². The van der Waals surface area contributed by atoms with Gasteiger partial charge in [-0.15, -0.1) is 24.0 Å². The van der Waals surface area contributed by atoms with Crippen LogP contribution in [0.1, 0.15) is 25.3 Å². The van der Waals surface area contributed by atoms with Gasteiger partial charge in [0.25, 0.3) is 0 Å². The van der Waals surface area contributed by atoms with Gasteiger partial charge in [-0.1, -0.05) is 13.0 Å². The molecule has 1 atom stereocenters. The molecule has 0 saturated carbocycles. The van der Waals surface area contributed by atoms with Crippen molar-refractivity contribution in [3.63, 3.8) is 0 Å². The molecule has 3 rings (SSSR count). The van der Waals surface area contributed by atoms with Gasteiger partial charge in [0.15, 0.2) is 5.96 Å². The summed E-state index contributed by atoms with van der Waals surface area (Å²) in [4.78, 5) is 11.0. The Labute approximate surface area is 202 Å². The molecule has 1 aliphatic heterocycles. The standard InChI is InChI=1S/C23H32N4O3.HI/c1-4-13-29-20-7-9-21(10-8-20)30-22-19(6-5-12-25-22)15-26-23(24-2)27(3)16-18-11-14-28-17-18;/h5-10,12,18H,4,11,13-17H2,1-3H3,(H,24,26);1H. The second kappa shape index (κ2) is 13.4. The highest BCUT2D eigenvalue weighted by atomic mass is 127. The van der Waals surface area contributed by atoms with E-state index in [1.165, 1.54) is 0 Å². The molecule has 31 heavy (non-hydrogen) atoms. The fourth-order valence-corrected chi connectivity index (χ4v) is 3.35. The lowest BCUT2D eigenvalue weighted by molar-refractivity contribution is 0.181. The van der Waals surface area contributed by atoms with Crippen LogP contribution < -0.4 is 14.8 Å². The number of rotatable bonds is 9. The highest BCUT2D eigenvalue weighted by Gasteiger charge is 2.19. The highest BCUT2D eigenvalue weighted by molar-refractivity contribution is 14.0. The van der Waals surface area contributed by atoms with Crippen LogP contribution >= 0.6 is 24.0 Å². The molecule has 0 amide bonds. The summed E-state index contributed by atoms with van der Waals surface area (Å²) in [5, 5.41) is 3.41. The van der Waals surface area contributed by atoms with Crippen molar-refractivity contribution in [1.29, 1.82) is 0 Å². The van der Waals surface area contributed by atoms with Crippen molar-refractivity contribution in [2.24, 2.45) is 10.9 Å². The molecule has 8 heteroatoms. The van der Waals surface area contributed by atoms with Crippen molar-refractivity contribution in [3.05, 3.63) is 48.2 Å². The molecule has 1 aliphatic rings. The predicted molar refractivity (Wildman–Crippen MR) is 134 cm³/mol. The number of aliphatic imine (C=N–C) groups is 1. The van der Waals surface area contributed by atoms with E-state index >= 15 is 0 Å². The van der Waals surface area contributed by atoms with Crippen LogP contribution in [0.4, 0.5) is 0 Å².